The van der Waals surface area contributed by atoms with E-state index in [1.807, 2.05) is 12.1 Å². The third-order valence-electron chi connectivity index (χ3n) is 4.70. The van der Waals surface area contributed by atoms with Gasteiger partial charge in [-0.3, -0.25) is 14.5 Å². The standard InChI is InChI=1S/C18H25N3O3/c1-13(21-8-2-3-9-21)11-19-18(23)12-24-15-5-6-16-14(10-15)4-7-17(22)20-16/h5-6,10,13H,2-4,7-9,11-12H2,1H3,(H,19,23)(H,20,22)/t13-/m1/s1. The minimum atomic E-state index is -0.105. The Kier molecular flexibility index (Phi) is 5.35. The summed E-state index contributed by atoms with van der Waals surface area (Å²) in [4.78, 5) is 25.7. The van der Waals surface area contributed by atoms with E-state index in [1.165, 1.54) is 12.8 Å². The third kappa shape index (κ3) is 4.26. The van der Waals surface area contributed by atoms with Crippen LogP contribution in [0, 0.1) is 0 Å². The van der Waals surface area contributed by atoms with Gasteiger partial charge in [0.05, 0.1) is 0 Å². The second-order valence-corrected chi connectivity index (χ2v) is 6.55. The van der Waals surface area contributed by atoms with Crippen LogP contribution in [0.5, 0.6) is 5.75 Å². The zero-order valence-electron chi connectivity index (χ0n) is 14.1. The zero-order chi connectivity index (χ0) is 16.9. The van der Waals surface area contributed by atoms with E-state index >= 15 is 0 Å². The number of hydrogen-bond donors (Lipinski definition) is 2. The molecule has 1 saturated heterocycles. The van der Waals surface area contributed by atoms with Crippen molar-refractivity contribution in [3.63, 3.8) is 0 Å². The van der Waals surface area contributed by atoms with Crippen LogP contribution in [0.3, 0.4) is 0 Å². The lowest BCUT2D eigenvalue weighted by Gasteiger charge is -2.23. The summed E-state index contributed by atoms with van der Waals surface area (Å²) in [6, 6.07) is 5.87. The minimum absolute atomic E-state index is 0.0118. The van der Waals surface area contributed by atoms with Gasteiger partial charge in [-0.2, -0.15) is 0 Å². The first-order valence-corrected chi connectivity index (χ1v) is 8.68. The average molecular weight is 331 g/mol. The number of nitrogens with zero attached hydrogens (tertiary/aromatic N) is 1. The Morgan fingerprint density at radius 1 is 1.33 bits per heavy atom. The molecule has 2 N–H and O–H groups in total. The normalized spacial score (nSPS) is 18.6. The molecule has 0 bridgehead atoms. The van der Waals surface area contributed by atoms with Crippen molar-refractivity contribution in [2.45, 2.75) is 38.6 Å². The van der Waals surface area contributed by atoms with Gasteiger partial charge in [-0.1, -0.05) is 0 Å². The van der Waals surface area contributed by atoms with Gasteiger partial charge in [0.2, 0.25) is 5.91 Å². The molecule has 24 heavy (non-hydrogen) atoms. The minimum Gasteiger partial charge on any atom is -0.484 e. The van der Waals surface area contributed by atoms with Crippen LogP contribution >= 0.6 is 0 Å². The number of nitrogens with one attached hydrogen (secondary N) is 2. The summed E-state index contributed by atoms with van der Waals surface area (Å²) in [5, 5.41) is 5.77. The zero-order valence-corrected chi connectivity index (χ0v) is 14.1. The monoisotopic (exact) mass is 331 g/mol. The van der Waals surface area contributed by atoms with Crippen molar-refractivity contribution in [2.75, 3.05) is 31.6 Å². The van der Waals surface area contributed by atoms with Crippen molar-refractivity contribution in [1.29, 1.82) is 0 Å². The van der Waals surface area contributed by atoms with E-state index in [0.717, 1.165) is 24.3 Å². The summed E-state index contributed by atoms with van der Waals surface area (Å²) >= 11 is 0. The Labute approximate surface area is 142 Å². The van der Waals surface area contributed by atoms with Crippen molar-refractivity contribution in [2.24, 2.45) is 0 Å². The number of ether oxygens (including phenoxy) is 1. The fourth-order valence-electron chi connectivity index (χ4n) is 3.22. The van der Waals surface area contributed by atoms with Gasteiger partial charge in [-0.15, -0.1) is 0 Å². The third-order valence-corrected chi connectivity index (χ3v) is 4.70. The first kappa shape index (κ1) is 16.8. The van der Waals surface area contributed by atoms with E-state index in [2.05, 4.69) is 22.5 Å². The SMILES string of the molecule is C[C@H](CNC(=O)COc1ccc2c(c1)CCC(=O)N2)N1CCCC1. The lowest BCUT2D eigenvalue weighted by molar-refractivity contribution is -0.123. The number of fused-ring (bicyclic) bond motifs is 1. The van der Waals surface area contributed by atoms with Gasteiger partial charge in [0.15, 0.2) is 6.61 Å². The molecule has 130 valence electrons. The molecule has 0 radical (unpaired) electrons. The van der Waals surface area contributed by atoms with Crippen molar-refractivity contribution < 1.29 is 14.3 Å². The number of anilines is 1. The average Bonchev–Trinajstić information content (AvgIpc) is 3.12. The molecule has 0 spiro atoms. The Bertz CT molecular complexity index is 612. The molecule has 0 aromatic heterocycles. The molecule has 2 heterocycles. The van der Waals surface area contributed by atoms with Crippen LogP contribution in [0.4, 0.5) is 5.69 Å². The maximum Gasteiger partial charge on any atom is 0.257 e. The van der Waals surface area contributed by atoms with Gasteiger partial charge in [-0.25, -0.2) is 0 Å². The highest BCUT2D eigenvalue weighted by atomic mass is 16.5. The fraction of sp³-hybridized carbons (Fsp3) is 0.556. The number of amides is 2. The second-order valence-electron chi connectivity index (χ2n) is 6.55. The first-order chi connectivity index (χ1) is 11.6. The maximum atomic E-state index is 12.0. The molecule has 1 fully saturated rings. The fourth-order valence-corrected chi connectivity index (χ4v) is 3.22. The number of rotatable bonds is 6. The molecule has 1 atom stereocenters. The van der Waals surface area contributed by atoms with E-state index in [-0.39, 0.29) is 18.4 Å². The van der Waals surface area contributed by atoms with Crippen LogP contribution in [0.25, 0.3) is 0 Å². The Morgan fingerprint density at radius 2 is 2.12 bits per heavy atom. The molecule has 0 unspecified atom stereocenters. The maximum absolute atomic E-state index is 12.0. The number of likely N-dealkylation sites (tertiary alicyclic amines) is 1. The Balaban J connectivity index is 1.43. The van der Waals surface area contributed by atoms with Crippen LogP contribution in [-0.4, -0.2) is 49.0 Å². The van der Waals surface area contributed by atoms with E-state index in [0.29, 0.717) is 31.2 Å². The van der Waals surface area contributed by atoms with Crippen LogP contribution in [0.1, 0.15) is 31.7 Å². The van der Waals surface area contributed by atoms with Crippen molar-refractivity contribution in [3.05, 3.63) is 23.8 Å². The summed E-state index contributed by atoms with van der Waals surface area (Å²) in [7, 11) is 0. The largest absolute Gasteiger partial charge is 0.484 e. The molecule has 0 saturated carbocycles. The van der Waals surface area contributed by atoms with Gasteiger partial charge in [0.25, 0.3) is 5.91 Å². The molecule has 3 rings (SSSR count). The molecule has 2 amide bonds. The summed E-state index contributed by atoms with van der Waals surface area (Å²) in [5.41, 5.74) is 1.89. The first-order valence-electron chi connectivity index (χ1n) is 8.68. The van der Waals surface area contributed by atoms with Crippen LogP contribution < -0.4 is 15.4 Å². The van der Waals surface area contributed by atoms with Gasteiger partial charge in [0, 0.05) is 24.7 Å². The van der Waals surface area contributed by atoms with Gasteiger partial charge in [-0.05, 0) is 63.0 Å². The van der Waals surface area contributed by atoms with E-state index in [9.17, 15) is 9.59 Å². The molecule has 1 aromatic rings. The van der Waals surface area contributed by atoms with E-state index in [1.54, 1.807) is 6.07 Å². The Hall–Kier alpha value is -2.08. The smallest absolute Gasteiger partial charge is 0.257 e. The van der Waals surface area contributed by atoms with Crippen LogP contribution in [0.15, 0.2) is 18.2 Å². The predicted molar refractivity (Wildman–Crippen MR) is 92.2 cm³/mol. The molecular formula is C18H25N3O3. The molecule has 2 aliphatic heterocycles. The highest BCUT2D eigenvalue weighted by Gasteiger charge is 2.18. The molecular weight excluding hydrogens is 306 g/mol. The molecule has 2 aliphatic rings. The summed E-state index contributed by atoms with van der Waals surface area (Å²) in [5.74, 6) is 0.599. The number of aryl methyl sites for hydroxylation is 1. The lowest BCUT2D eigenvalue weighted by atomic mass is 10.0. The highest BCUT2D eigenvalue weighted by Crippen LogP contribution is 2.26. The lowest BCUT2D eigenvalue weighted by Crippen LogP contribution is -2.42. The Morgan fingerprint density at radius 3 is 2.92 bits per heavy atom. The number of hydrogen-bond acceptors (Lipinski definition) is 4. The quantitative estimate of drug-likeness (QED) is 0.830. The highest BCUT2D eigenvalue weighted by molar-refractivity contribution is 5.94. The van der Waals surface area contributed by atoms with E-state index < -0.39 is 0 Å². The van der Waals surface area contributed by atoms with Gasteiger partial charge in [0.1, 0.15) is 5.75 Å². The molecule has 0 aliphatic carbocycles. The number of benzene rings is 1. The van der Waals surface area contributed by atoms with Crippen molar-refractivity contribution >= 4 is 17.5 Å². The molecule has 1 aromatic carbocycles. The van der Waals surface area contributed by atoms with Crippen LogP contribution in [0.2, 0.25) is 0 Å². The van der Waals surface area contributed by atoms with E-state index in [4.69, 9.17) is 4.74 Å². The summed E-state index contributed by atoms with van der Waals surface area (Å²) in [6.07, 6.45) is 3.70. The predicted octanol–water partition coefficient (Wildman–Crippen LogP) is 1.55. The molecule has 6 nitrogen and oxygen atoms in total. The second kappa shape index (κ2) is 7.66. The van der Waals surface area contributed by atoms with Gasteiger partial charge < -0.3 is 15.4 Å². The summed E-state index contributed by atoms with van der Waals surface area (Å²) < 4.78 is 5.58. The molecule has 6 heteroatoms. The number of carbonyl (C=O) groups excluding carboxylic acids is 2. The topological polar surface area (TPSA) is 70.7 Å². The number of carbonyl (C=O) groups is 2. The summed E-state index contributed by atoms with van der Waals surface area (Å²) in [6.45, 7) is 5.05. The van der Waals surface area contributed by atoms with Crippen LogP contribution in [-0.2, 0) is 16.0 Å². The van der Waals surface area contributed by atoms with Gasteiger partial charge >= 0.3 is 0 Å². The van der Waals surface area contributed by atoms with Crippen molar-refractivity contribution in [1.82, 2.24) is 10.2 Å². The van der Waals surface area contributed by atoms with Crippen molar-refractivity contribution in [3.8, 4) is 5.75 Å².